The lowest BCUT2D eigenvalue weighted by Gasteiger charge is -2.32. The Morgan fingerprint density at radius 2 is 0.893 bits per heavy atom. The highest BCUT2D eigenvalue weighted by Gasteiger charge is 2.26. The zero-order chi connectivity index (χ0) is 21.5. The minimum Gasteiger partial charge on any atom is -0.444 e. The normalized spacial score (nSPS) is 19.6. The zero-order valence-corrected chi connectivity index (χ0v) is 19.3. The lowest BCUT2D eigenvalue weighted by molar-refractivity contribution is 0.0179. The van der Waals surface area contributed by atoms with Gasteiger partial charge in [0.15, 0.2) is 0 Å². The Hall–Kier alpha value is -1.46. The SMILES string of the molecule is CC1CCN(C(=O)OC(C)(C)C)CC1.CC1CCN(C(=O)OC(C)(C)C)CC1. The van der Waals surface area contributed by atoms with Crippen LogP contribution in [0.15, 0.2) is 0 Å². The lowest BCUT2D eigenvalue weighted by Crippen LogP contribution is -2.41. The van der Waals surface area contributed by atoms with Crippen molar-refractivity contribution in [3.63, 3.8) is 0 Å². The first kappa shape index (κ1) is 24.6. The van der Waals surface area contributed by atoms with Crippen molar-refractivity contribution < 1.29 is 19.1 Å². The van der Waals surface area contributed by atoms with Gasteiger partial charge in [0.1, 0.15) is 11.2 Å². The van der Waals surface area contributed by atoms with Gasteiger partial charge < -0.3 is 19.3 Å². The first-order chi connectivity index (χ1) is 12.8. The Morgan fingerprint density at radius 3 is 1.11 bits per heavy atom. The number of amides is 2. The van der Waals surface area contributed by atoms with Gasteiger partial charge in [-0.3, -0.25) is 0 Å². The first-order valence-electron chi connectivity index (χ1n) is 10.7. The second-order valence-electron chi connectivity index (χ2n) is 10.3. The Bertz CT molecular complexity index is 446. The molecule has 2 heterocycles. The molecular weight excluding hydrogens is 356 g/mol. The molecule has 6 nitrogen and oxygen atoms in total. The van der Waals surface area contributed by atoms with Crippen LogP contribution in [0.1, 0.15) is 81.1 Å². The molecule has 0 atom stereocenters. The van der Waals surface area contributed by atoms with Gasteiger partial charge in [-0.15, -0.1) is 0 Å². The van der Waals surface area contributed by atoms with Crippen LogP contribution in [-0.2, 0) is 9.47 Å². The number of ether oxygens (including phenoxy) is 2. The van der Waals surface area contributed by atoms with Crippen molar-refractivity contribution in [2.24, 2.45) is 11.8 Å². The topological polar surface area (TPSA) is 59.1 Å². The molecule has 0 aromatic carbocycles. The third-order valence-corrected chi connectivity index (χ3v) is 4.87. The van der Waals surface area contributed by atoms with Crippen molar-refractivity contribution in [3.05, 3.63) is 0 Å². The number of likely N-dealkylation sites (tertiary alicyclic amines) is 2. The van der Waals surface area contributed by atoms with Gasteiger partial charge in [0.2, 0.25) is 0 Å². The van der Waals surface area contributed by atoms with Crippen molar-refractivity contribution >= 4 is 12.2 Å². The van der Waals surface area contributed by atoms with Crippen LogP contribution in [-0.4, -0.2) is 59.4 Å². The number of nitrogens with zero attached hydrogens (tertiary/aromatic N) is 2. The molecule has 28 heavy (non-hydrogen) atoms. The Morgan fingerprint density at radius 1 is 0.643 bits per heavy atom. The summed E-state index contributed by atoms with van der Waals surface area (Å²) in [6.07, 6.45) is 4.06. The predicted molar refractivity (Wildman–Crippen MR) is 112 cm³/mol. The summed E-state index contributed by atoms with van der Waals surface area (Å²) in [6, 6.07) is 0. The van der Waals surface area contributed by atoms with E-state index in [1.165, 1.54) is 0 Å². The van der Waals surface area contributed by atoms with E-state index in [4.69, 9.17) is 9.47 Å². The summed E-state index contributed by atoms with van der Waals surface area (Å²) in [5.41, 5.74) is -0.750. The summed E-state index contributed by atoms with van der Waals surface area (Å²) in [5, 5.41) is 0. The quantitative estimate of drug-likeness (QED) is 0.555. The molecule has 6 heteroatoms. The van der Waals surface area contributed by atoms with Gasteiger partial charge in [-0.05, 0) is 79.1 Å². The fourth-order valence-corrected chi connectivity index (χ4v) is 3.04. The fraction of sp³-hybridized carbons (Fsp3) is 0.909. The molecule has 2 saturated heterocycles. The van der Waals surface area contributed by atoms with Gasteiger partial charge in [0.05, 0.1) is 0 Å². The van der Waals surface area contributed by atoms with E-state index in [0.29, 0.717) is 0 Å². The monoisotopic (exact) mass is 398 g/mol. The molecule has 0 aromatic heterocycles. The van der Waals surface area contributed by atoms with E-state index in [0.717, 1.165) is 63.7 Å². The number of carbonyl (C=O) groups excluding carboxylic acids is 2. The molecule has 2 aliphatic heterocycles. The molecule has 2 aliphatic rings. The van der Waals surface area contributed by atoms with Crippen molar-refractivity contribution in [1.82, 2.24) is 9.80 Å². The predicted octanol–water partition coefficient (Wildman–Crippen LogP) is 5.31. The van der Waals surface area contributed by atoms with Crippen LogP contribution in [0.4, 0.5) is 9.59 Å². The maximum atomic E-state index is 11.6. The van der Waals surface area contributed by atoms with E-state index in [1.807, 2.05) is 51.3 Å². The van der Waals surface area contributed by atoms with Crippen LogP contribution < -0.4 is 0 Å². The molecule has 0 radical (unpaired) electrons. The highest BCUT2D eigenvalue weighted by atomic mass is 16.6. The molecule has 0 unspecified atom stereocenters. The Kier molecular flexibility index (Phi) is 9.09. The third-order valence-electron chi connectivity index (χ3n) is 4.87. The van der Waals surface area contributed by atoms with Gasteiger partial charge in [-0.2, -0.15) is 0 Å². The van der Waals surface area contributed by atoms with Crippen LogP contribution in [0.25, 0.3) is 0 Å². The average Bonchev–Trinajstić information content (AvgIpc) is 2.53. The molecule has 0 aliphatic carbocycles. The molecule has 2 rings (SSSR count). The van der Waals surface area contributed by atoms with E-state index in [-0.39, 0.29) is 23.4 Å². The largest absolute Gasteiger partial charge is 0.444 e. The standard InChI is InChI=1S/2C11H21NO2/c2*1-9-5-7-12(8-6-9)10(13)14-11(2,3)4/h2*9H,5-8H2,1-4H3. The molecule has 0 aromatic rings. The molecule has 2 fully saturated rings. The van der Waals surface area contributed by atoms with Gasteiger partial charge in [-0.25, -0.2) is 9.59 Å². The summed E-state index contributed by atoms with van der Waals surface area (Å²) in [6.45, 7) is 19.2. The molecular formula is C22H42N2O4. The molecule has 0 saturated carbocycles. The smallest absolute Gasteiger partial charge is 0.410 e. The minimum atomic E-state index is -0.375. The highest BCUT2D eigenvalue weighted by Crippen LogP contribution is 2.19. The van der Waals surface area contributed by atoms with Gasteiger partial charge in [0, 0.05) is 26.2 Å². The van der Waals surface area contributed by atoms with Crippen molar-refractivity contribution in [2.45, 2.75) is 92.3 Å². The van der Waals surface area contributed by atoms with Gasteiger partial charge in [0.25, 0.3) is 0 Å². The maximum Gasteiger partial charge on any atom is 0.410 e. The number of hydrogen-bond acceptors (Lipinski definition) is 4. The molecule has 0 spiro atoms. The second-order valence-corrected chi connectivity index (χ2v) is 10.3. The van der Waals surface area contributed by atoms with Crippen LogP contribution >= 0.6 is 0 Å². The summed E-state index contributed by atoms with van der Waals surface area (Å²) in [4.78, 5) is 26.9. The first-order valence-corrected chi connectivity index (χ1v) is 10.7. The average molecular weight is 399 g/mol. The molecule has 0 bridgehead atoms. The summed E-state index contributed by atoms with van der Waals surface area (Å²) in [5.74, 6) is 1.49. The second kappa shape index (κ2) is 10.4. The highest BCUT2D eigenvalue weighted by molar-refractivity contribution is 5.68. The fourth-order valence-electron chi connectivity index (χ4n) is 3.04. The van der Waals surface area contributed by atoms with Gasteiger partial charge >= 0.3 is 12.2 Å². The Labute approximate surface area is 171 Å². The van der Waals surface area contributed by atoms with Crippen LogP contribution in [0, 0.1) is 11.8 Å². The van der Waals surface area contributed by atoms with E-state index in [1.54, 1.807) is 0 Å². The van der Waals surface area contributed by atoms with Crippen LogP contribution in [0.5, 0.6) is 0 Å². The number of rotatable bonds is 0. The van der Waals surface area contributed by atoms with Crippen LogP contribution in [0.2, 0.25) is 0 Å². The Balaban J connectivity index is 0.000000280. The maximum absolute atomic E-state index is 11.6. The number of hydrogen-bond donors (Lipinski definition) is 0. The van der Waals surface area contributed by atoms with E-state index < -0.39 is 0 Å². The zero-order valence-electron chi connectivity index (χ0n) is 19.3. The molecule has 164 valence electrons. The van der Waals surface area contributed by atoms with Crippen molar-refractivity contribution in [2.75, 3.05) is 26.2 Å². The summed E-state index contributed by atoms with van der Waals surface area (Å²) < 4.78 is 10.6. The van der Waals surface area contributed by atoms with Crippen molar-refractivity contribution in [3.8, 4) is 0 Å². The number of piperidine rings is 2. The lowest BCUT2D eigenvalue weighted by atomic mass is 10.00. The van der Waals surface area contributed by atoms with E-state index >= 15 is 0 Å². The number of carbonyl (C=O) groups is 2. The van der Waals surface area contributed by atoms with E-state index in [9.17, 15) is 9.59 Å². The molecule has 2 amide bonds. The third kappa shape index (κ3) is 10.2. The van der Waals surface area contributed by atoms with Crippen molar-refractivity contribution in [1.29, 1.82) is 0 Å². The minimum absolute atomic E-state index is 0.163. The molecule has 0 N–H and O–H groups in total. The van der Waals surface area contributed by atoms with E-state index in [2.05, 4.69) is 13.8 Å². The van der Waals surface area contributed by atoms with Gasteiger partial charge in [-0.1, -0.05) is 13.8 Å². The van der Waals surface area contributed by atoms with Crippen LogP contribution in [0.3, 0.4) is 0 Å². The summed E-state index contributed by atoms with van der Waals surface area (Å²) in [7, 11) is 0. The summed E-state index contributed by atoms with van der Waals surface area (Å²) >= 11 is 0.